The van der Waals surface area contributed by atoms with Crippen LogP contribution >= 0.6 is 23.4 Å². The predicted octanol–water partition coefficient (Wildman–Crippen LogP) is 3.08. The lowest BCUT2D eigenvalue weighted by Gasteiger charge is -2.14. The Hall–Kier alpha value is -1.25. The zero-order chi connectivity index (χ0) is 17.7. The highest BCUT2D eigenvalue weighted by Gasteiger charge is 2.21. The summed E-state index contributed by atoms with van der Waals surface area (Å²) in [5.74, 6) is 0.186. The molecule has 1 unspecified atom stereocenters. The minimum absolute atomic E-state index is 0.0672. The molecule has 5 nitrogen and oxygen atoms in total. The number of aliphatic hydroxyl groups excluding tert-OH is 1. The molecule has 0 radical (unpaired) electrons. The first kappa shape index (κ1) is 19.1. The highest BCUT2D eigenvalue weighted by Crippen LogP contribution is 2.27. The minimum Gasteiger partial charge on any atom is -0.495 e. The summed E-state index contributed by atoms with van der Waals surface area (Å²) in [5, 5.41) is 10.5. The van der Waals surface area contributed by atoms with E-state index in [0.29, 0.717) is 5.56 Å². The van der Waals surface area contributed by atoms with Crippen LogP contribution in [0.4, 0.5) is 0 Å². The predicted molar refractivity (Wildman–Crippen MR) is 96.4 cm³/mol. The monoisotopic (exact) mass is 387 g/mol. The fourth-order valence-corrected chi connectivity index (χ4v) is 3.95. The van der Waals surface area contributed by atoms with Gasteiger partial charge < -0.3 is 9.84 Å². The number of thioether (sulfide) groups is 1. The molecule has 0 aromatic heterocycles. The van der Waals surface area contributed by atoms with Gasteiger partial charge >= 0.3 is 0 Å². The van der Waals surface area contributed by atoms with Crippen molar-refractivity contribution >= 4 is 33.4 Å². The van der Waals surface area contributed by atoms with Crippen LogP contribution in [0.25, 0.3) is 0 Å². The zero-order valence-corrected chi connectivity index (χ0v) is 15.6. The molecule has 2 N–H and O–H groups in total. The smallest absolute Gasteiger partial charge is 0.244 e. The lowest BCUT2D eigenvalue weighted by Crippen LogP contribution is -2.28. The molecule has 24 heavy (non-hydrogen) atoms. The Bertz CT molecular complexity index is 794. The minimum atomic E-state index is -3.86. The van der Waals surface area contributed by atoms with Crippen molar-refractivity contribution in [2.45, 2.75) is 15.9 Å². The number of hydrogen-bond acceptors (Lipinski definition) is 5. The third-order valence-electron chi connectivity index (χ3n) is 3.38. The maximum absolute atomic E-state index is 12.4. The van der Waals surface area contributed by atoms with Gasteiger partial charge in [-0.25, -0.2) is 13.1 Å². The first-order valence-electron chi connectivity index (χ1n) is 7.02. The van der Waals surface area contributed by atoms with E-state index >= 15 is 0 Å². The standard InChI is InChI=1S/C16H18ClNO4S2/c1-22-15-8-5-12(17)9-16(15)24(20,21)18-10-14(19)11-3-6-13(23-2)7-4-11/h3-9,14,18-19H,10H2,1-2H3. The number of rotatable bonds is 7. The van der Waals surface area contributed by atoms with Crippen LogP contribution in [0.5, 0.6) is 5.75 Å². The molecule has 1 atom stereocenters. The highest BCUT2D eigenvalue weighted by atomic mass is 35.5. The van der Waals surface area contributed by atoms with Crippen molar-refractivity contribution in [1.29, 1.82) is 0 Å². The van der Waals surface area contributed by atoms with Gasteiger partial charge in [0.2, 0.25) is 10.0 Å². The van der Waals surface area contributed by atoms with E-state index in [0.717, 1.165) is 4.90 Å². The van der Waals surface area contributed by atoms with Crippen molar-refractivity contribution in [2.24, 2.45) is 0 Å². The summed E-state index contributed by atoms with van der Waals surface area (Å²) in [5.41, 5.74) is 0.633. The van der Waals surface area contributed by atoms with Crippen LogP contribution in [0.3, 0.4) is 0 Å². The van der Waals surface area contributed by atoms with E-state index in [9.17, 15) is 13.5 Å². The average molecular weight is 388 g/mol. The summed E-state index contributed by atoms with van der Waals surface area (Å²) in [6, 6.07) is 11.6. The van der Waals surface area contributed by atoms with Crippen molar-refractivity contribution in [3.8, 4) is 5.75 Å². The van der Waals surface area contributed by atoms with Gasteiger partial charge in [-0.05, 0) is 42.2 Å². The van der Waals surface area contributed by atoms with Crippen LogP contribution < -0.4 is 9.46 Å². The van der Waals surface area contributed by atoms with Gasteiger partial charge in [-0.15, -0.1) is 11.8 Å². The molecular weight excluding hydrogens is 370 g/mol. The number of methoxy groups -OCH3 is 1. The van der Waals surface area contributed by atoms with E-state index in [4.69, 9.17) is 16.3 Å². The van der Waals surface area contributed by atoms with Crippen LogP contribution in [-0.2, 0) is 10.0 Å². The topological polar surface area (TPSA) is 75.6 Å². The Balaban J connectivity index is 2.13. The van der Waals surface area contributed by atoms with E-state index < -0.39 is 16.1 Å². The molecule has 2 aromatic carbocycles. The van der Waals surface area contributed by atoms with Gasteiger partial charge in [-0.1, -0.05) is 23.7 Å². The Morgan fingerprint density at radius 3 is 2.50 bits per heavy atom. The first-order chi connectivity index (χ1) is 11.4. The van der Waals surface area contributed by atoms with Gasteiger partial charge in [0.1, 0.15) is 10.6 Å². The van der Waals surface area contributed by atoms with E-state index in [2.05, 4.69) is 4.72 Å². The Morgan fingerprint density at radius 2 is 1.92 bits per heavy atom. The van der Waals surface area contributed by atoms with E-state index in [1.807, 2.05) is 18.4 Å². The molecule has 0 heterocycles. The van der Waals surface area contributed by atoms with Crippen molar-refractivity contribution in [3.05, 3.63) is 53.1 Å². The van der Waals surface area contributed by atoms with Gasteiger partial charge in [-0.3, -0.25) is 0 Å². The van der Waals surface area contributed by atoms with Gasteiger partial charge in [0.15, 0.2) is 0 Å². The second-order valence-corrected chi connectivity index (χ2v) is 7.99. The SMILES string of the molecule is COc1ccc(Cl)cc1S(=O)(=O)NCC(O)c1ccc(SC)cc1. The summed E-state index contributed by atoms with van der Waals surface area (Å²) in [6.45, 7) is -0.156. The molecule has 0 aliphatic heterocycles. The lowest BCUT2D eigenvalue weighted by atomic mass is 10.1. The maximum atomic E-state index is 12.4. The third-order valence-corrected chi connectivity index (χ3v) is 5.81. The lowest BCUT2D eigenvalue weighted by molar-refractivity contribution is 0.182. The second kappa shape index (κ2) is 8.22. The van der Waals surface area contributed by atoms with E-state index in [1.165, 1.54) is 19.2 Å². The molecule has 0 bridgehead atoms. The molecule has 8 heteroatoms. The van der Waals surface area contributed by atoms with Crippen molar-refractivity contribution in [3.63, 3.8) is 0 Å². The second-order valence-electron chi connectivity index (χ2n) is 4.94. The quantitative estimate of drug-likeness (QED) is 0.714. The average Bonchev–Trinajstić information content (AvgIpc) is 2.59. The molecule has 2 aromatic rings. The Labute approximate surface area is 151 Å². The zero-order valence-electron chi connectivity index (χ0n) is 13.2. The van der Waals surface area contributed by atoms with Crippen LogP contribution in [0.1, 0.15) is 11.7 Å². The maximum Gasteiger partial charge on any atom is 0.244 e. The number of aliphatic hydroxyl groups is 1. The van der Waals surface area contributed by atoms with Gasteiger partial charge in [0, 0.05) is 16.5 Å². The summed E-state index contributed by atoms with van der Waals surface area (Å²) in [6.07, 6.45) is 0.999. The Morgan fingerprint density at radius 1 is 1.25 bits per heavy atom. The third kappa shape index (κ3) is 4.64. The number of halogens is 1. The number of ether oxygens (including phenoxy) is 1. The highest BCUT2D eigenvalue weighted by molar-refractivity contribution is 7.98. The molecule has 0 aliphatic carbocycles. The molecule has 0 spiro atoms. The van der Waals surface area contributed by atoms with E-state index in [-0.39, 0.29) is 22.2 Å². The fraction of sp³-hybridized carbons (Fsp3) is 0.250. The van der Waals surface area contributed by atoms with Gasteiger partial charge in [-0.2, -0.15) is 0 Å². The van der Waals surface area contributed by atoms with Crippen LogP contribution in [0.2, 0.25) is 5.02 Å². The van der Waals surface area contributed by atoms with Crippen LogP contribution in [0.15, 0.2) is 52.3 Å². The van der Waals surface area contributed by atoms with Crippen LogP contribution in [-0.4, -0.2) is 33.4 Å². The van der Waals surface area contributed by atoms with Crippen molar-refractivity contribution in [2.75, 3.05) is 19.9 Å². The summed E-state index contributed by atoms with van der Waals surface area (Å²) in [7, 11) is -2.49. The molecule has 0 amide bonds. The van der Waals surface area contributed by atoms with E-state index in [1.54, 1.807) is 30.0 Å². The molecular formula is C16H18ClNO4S2. The molecule has 0 aliphatic rings. The fourth-order valence-electron chi connectivity index (χ4n) is 2.07. The van der Waals surface area contributed by atoms with Crippen LogP contribution in [0, 0.1) is 0 Å². The molecule has 2 rings (SSSR count). The largest absolute Gasteiger partial charge is 0.495 e. The Kier molecular flexibility index (Phi) is 6.54. The van der Waals surface area contributed by atoms with Crippen molar-refractivity contribution < 1.29 is 18.3 Å². The van der Waals surface area contributed by atoms with Gasteiger partial charge in [0.05, 0.1) is 13.2 Å². The van der Waals surface area contributed by atoms with Crippen molar-refractivity contribution in [1.82, 2.24) is 4.72 Å². The summed E-state index contributed by atoms with van der Waals surface area (Å²) in [4.78, 5) is 0.998. The number of benzene rings is 2. The molecule has 130 valence electrons. The first-order valence-corrected chi connectivity index (χ1v) is 10.1. The number of nitrogens with one attached hydrogen (secondary N) is 1. The number of hydrogen-bond donors (Lipinski definition) is 2. The molecule has 0 fully saturated rings. The summed E-state index contributed by atoms with van der Waals surface area (Å²) < 4.78 is 32.3. The number of sulfonamides is 1. The molecule has 0 saturated carbocycles. The normalized spacial score (nSPS) is 12.8. The molecule has 0 saturated heterocycles. The summed E-state index contributed by atoms with van der Waals surface area (Å²) >= 11 is 7.46. The van der Waals surface area contributed by atoms with Gasteiger partial charge in [0.25, 0.3) is 0 Å².